The van der Waals surface area contributed by atoms with Crippen LogP contribution in [0, 0.1) is 17.0 Å². The number of unbranched alkanes of at least 4 members (excludes halogenated alkanes) is 3. The highest BCUT2D eigenvalue weighted by Crippen LogP contribution is 2.25. The molecule has 0 fully saturated rings. The summed E-state index contributed by atoms with van der Waals surface area (Å²) in [6.07, 6.45) is 4.76. The van der Waals surface area contributed by atoms with E-state index in [4.69, 9.17) is 4.74 Å². The Morgan fingerprint density at radius 3 is 2.46 bits per heavy atom. The molecule has 0 bridgehead atoms. The van der Waals surface area contributed by atoms with Crippen LogP contribution in [0.15, 0.2) is 42.5 Å². The number of ether oxygens (including phenoxy) is 1. The van der Waals surface area contributed by atoms with Gasteiger partial charge in [0, 0.05) is 23.5 Å². The molecule has 2 aromatic carbocycles. The van der Waals surface area contributed by atoms with Gasteiger partial charge in [0.2, 0.25) is 0 Å². The molecule has 0 radical (unpaired) electrons. The summed E-state index contributed by atoms with van der Waals surface area (Å²) in [5.74, 6) is 0.859. The van der Waals surface area contributed by atoms with Crippen LogP contribution in [-0.2, 0) is 0 Å². The number of anilines is 2. The van der Waals surface area contributed by atoms with Gasteiger partial charge in [-0.1, -0.05) is 26.2 Å². The molecule has 0 saturated heterocycles. The zero-order chi connectivity index (χ0) is 17.4. The van der Waals surface area contributed by atoms with Crippen molar-refractivity contribution in [2.45, 2.75) is 39.5 Å². The smallest absolute Gasteiger partial charge is 0.269 e. The Morgan fingerprint density at radius 2 is 1.83 bits per heavy atom. The largest absolute Gasteiger partial charge is 0.494 e. The molecule has 24 heavy (non-hydrogen) atoms. The Hall–Kier alpha value is -2.56. The van der Waals surface area contributed by atoms with Gasteiger partial charge in [-0.05, 0) is 49.2 Å². The molecule has 128 valence electrons. The van der Waals surface area contributed by atoms with Gasteiger partial charge in [0.15, 0.2) is 0 Å². The predicted octanol–water partition coefficient (Wildman–Crippen LogP) is 5.61. The molecule has 2 aromatic rings. The topological polar surface area (TPSA) is 64.4 Å². The summed E-state index contributed by atoms with van der Waals surface area (Å²) in [7, 11) is 0. The second-order valence-electron chi connectivity index (χ2n) is 5.81. The van der Waals surface area contributed by atoms with Crippen molar-refractivity contribution in [2.24, 2.45) is 0 Å². The molecule has 0 saturated carbocycles. The van der Waals surface area contributed by atoms with Crippen LogP contribution in [0.4, 0.5) is 17.1 Å². The van der Waals surface area contributed by atoms with E-state index in [0.29, 0.717) is 0 Å². The number of benzene rings is 2. The first-order valence-corrected chi connectivity index (χ1v) is 8.35. The van der Waals surface area contributed by atoms with E-state index in [-0.39, 0.29) is 10.6 Å². The summed E-state index contributed by atoms with van der Waals surface area (Å²) in [6.45, 7) is 4.79. The van der Waals surface area contributed by atoms with E-state index < -0.39 is 0 Å². The van der Waals surface area contributed by atoms with Crippen molar-refractivity contribution in [3.05, 3.63) is 58.1 Å². The van der Waals surface area contributed by atoms with Crippen LogP contribution in [-0.4, -0.2) is 11.5 Å². The van der Waals surface area contributed by atoms with Crippen LogP contribution in [0.1, 0.15) is 38.2 Å². The van der Waals surface area contributed by atoms with Gasteiger partial charge in [0.25, 0.3) is 5.69 Å². The molecule has 5 heteroatoms. The second kappa shape index (κ2) is 8.91. The number of aryl methyl sites for hydroxylation is 1. The minimum atomic E-state index is -0.385. The first-order chi connectivity index (χ1) is 11.6. The predicted molar refractivity (Wildman–Crippen MR) is 97.2 cm³/mol. The molecule has 0 amide bonds. The van der Waals surface area contributed by atoms with Crippen LogP contribution in [0.3, 0.4) is 0 Å². The molecule has 0 heterocycles. The summed E-state index contributed by atoms with van der Waals surface area (Å²) >= 11 is 0. The van der Waals surface area contributed by atoms with Crippen molar-refractivity contribution in [3.8, 4) is 5.75 Å². The summed E-state index contributed by atoms with van der Waals surface area (Å²) < 4.78 is 5.72. The minimum absolute atomic E-state index is 0.102. The van der Waals surface area contributed by atoms with Gasteiger partial charge >= 0.3 is 0 Å². The Bertz CT molecular complexity index is 669. The summed E-state index contributed by atoms with van der Waals surface area (Å²) in [4.78, 5) is 10.4. The molecule has 0 atom stereocenters. The van der Waals surface area contributed by atoms with Crippen molar-refractivity contribution < 1.29 is 9.66 Å². The molecular formula is C19H24N2O3. The molecule has 2 rings (SSSR count). The lowest BCUT2D eigenvalue weighted by Crippen LogP contribution is -1.98. The number of hydrogen-bond donors (Lipinski definition) is 1. The van der Waals surface area contributed by atoms with Gasteiger partial charge in [-0.15, -0.1) is 0 Å². The summed E-state index contributed by atoms with van der Waals surface area (Å²) in [6, 6.07) is 12.6. The van der Waals surface area contributed by atoms with Crippen LogP contribution in [0.25, 0.3) is 0 Å². The third kappa shape index (κ3) is 5.26. The van der Waals surface area contributed by atoms with Crippen LogP contribution >= 0.6 is 0 Å². The van der Waals surface area contributed by atoms with Gasteiger partial charge in [0.1, 0.15) is 5.75 Å². The number of rotatable bonds is 9. The lowest BCUT2D eigenvalue weighted by Gasteiger charge is -2.11. The summed E-state index contributed by atoms with van der Waals surface area (Å²) in [5.41, 5.74) is 2.71. The fraction of sp³-hybridized carbons (Fsp3) is 0.368. The summed E-state index contributed by atoms with van der Waals surface area (Å²) in [5, 5.41) is 14.0. The van der Waals surface area contributed by atoms with Crippen LogP contribution < -0.4 is 10.1 Å². The van der Waals surface area contributed by atoms with Crippen molar-refractivity contribution in [2.75, 3.05) is 11.9 Å². The van der Waals surface area contributed by atoms with Gasteiger partial charge < -0.3 is 10.1 Å². The zero-order valence-corrected chi connectivity index (χ0v) is 14.2. The SMILES string of the molecule is CCCCCCOc1ccc(Nc2ccc([N+](=O)[O-])cc2C)cc1. The molecule has 0 spiro atoms. The lowest BCUT2D eigenvalue weighted by atomic mass is 10.1. The molecule has 0 aliphatic carbocycles. The lowest BCUT2D eigenvalue weighted by molar-refractivity contribution is -0.384. The quantitative estimate of drug-likeness (QED) is 0.369. The number of hydrogen-bond acceptors (Lipinski definition) is 4. The molecule has 1 N–H and O–H groups in total. The molecular weight excluding hydrogens is 304 g/mol. The van der Waals surface area contributed by atoms with Gasteiger partial charge in [-0.2, -0.15) is 0 Å². The van der Waals surface area contributed by atoms with Crippen LogP contribution in [0.2, 0.25) is 0 Å². The Balaban J connectivity index is 1.90. The third-order valence-electron chi connectivity index (χ3n) is 3.82. The van der Waals surface area contributed by atoms with Crippen LogP contribution in [0.5, 0.6) is 5.75 Å². The highest BCUT2D eigenvalue weighted by molar-refractivity contribution is 5.65. The van der Waals surface area contributed by atoms with E-state index in [1.165, 1.54) is 25.3 Å². The van der Waals surface area contributed by atoms with Crippen molar-refractivity contribution in [3.63, 3.8) is 0 Å². The first kappa shape index (κ1) is 17.8. The highest BCUT2D eigenvalue weighted by Gasteiger charge is 2.08. The normalized spacial score (nSPS) is 10.4. The van der Waals surface area contributed by atoms with Gasteiger partial charge in [-0.25, -0.2) is 0 Å². The molecule has 0 aromatic heterocycles. The van der Waals surface area contributed by atoms with E-state index in [1.807, 2.05) is 31.2 Å². The number of non-ortho nitro benzene ring substituents is 1. The number of nitro benzene ring substituents is 1. The minimum Gasteiger partial charge on any atom is -0.494 e. The van der Waals surface area contributed by atoms with Gasteiger partial charge in [-0.3, -0.25) is 10.1 Å². The number of nitrogens with zero attached hydrogens (tertiary/aromatic N) is 1. The van der Waals surface area contributed by atoms with Gasteiger partial charge in [0.05, 0.1) is 11.5 Å². The third-order valence-corrected chi connectivity index (χ3v) is 3.82. The van der Waals surface area contributed by atoms with Crippen molar-refractivity contribution in [1.29, 1.82) is 0 Å². The zero-order valence-electron chi connectivity index (χ0n) is 14.2. The molecule has 0 unspecified atom stereocenters. The fourth-order valence-corrected chi connectivity index (χ4v) is 2.41. The molecule has 0 aliphatic rings. The number of nitrogens with one attached hydrogen (secondary N) is 1. The van der Waals surface area contributed by atoms with E-state index in [0.717, 1.165) is 35.7 Å². The first-order valence-electron chi connectivity index (χ1n) is 8.35. The maximum absolute atomic E-state index is 10.8. The standard InChI is InChI=1S/C19H24N2O3/c1-3-4-5-6-13-24-18-10-7-16(8-11-18)20-19-12-9-17(21(22)23)14-15(19)2/h7-12,14,20H,3-6,13H2,1-2H3. The maximum Gasteiger partial charge on any atom is 0.269 e. The Morgan fingerprint density at radius 1 is 1.08 bits per heavy atom. The van der Waals surface area contributed by atoms with E-state index in [9.17, 15) is 10.1 Å². The Kier molecular flexibility index (Phi) is 6.61. The molecule has 5 nitrogen and oxygen atoms in total. The maximum atomic E-state index is 10.8. The average molecular weight is 328 g/mol. The monoisotopic (exact) mass is 328 g/mol. The van der Waals surface area contributed by atoms with Crippen molar-refractivity contribution in [1.82, 2.24) is 0 Å². The fourth-order valence-electron chi connectivity index (χ4n) is 2.41. The number of nitro groups is 1. The second-order valence-corrected chi connectivity index (χ2v) is 5.81. The van der Waals surface area contributed by atoms with E-state index >= 15 is 0 Å². The average Bonchev–Trinajstić information content (AvgIpc) is 2.58. The molecule has 0 aliphatic heterocycles. The Labute approximate surface area is 142 Å². The van der Waals surface area contributed by atoms with E-state index in [1.54, 1.807) is 12.1 Å². The highest BCUT2D eigenvalue weighted by atomic mass is 16.6. The van der Waals surface area contributed by atoms with E-state index in [2.05, 4.69) is 12.2 Å². The van der Waals surface area contributed by atoms with Crippen molar-refractivity contribution >= 4 is 17.1 Å².